The second-order valence-corrected chi connectivity index (χ2v) is 15.8. The van der Waals surface area contributed by atoms with Gasteiger partial charge in [-0.1, -0.05) is 146 Å². The first-order valence-corrected chi connectivity index (χ1v) is 19.5. The normalized spacial score (nSPS) is 12.2. The zero-order valence-corrected chi connectivity index (χ0v) is 29.9. The van der Waals surface area contributed by atoms with E-state index in [9.17, 15) is 0 Å². The Morgan fingerprint density at radius 3 is 1.91 bits per heavy atom. The number of hydrogen-bond donors (Lipinski definition) is 0. The van der Waals surface area contributed by atoms with Gasteiger partial charge in [-0.15, -0.1) is 22.7 Å². The summed E-state index contributed by atoms with van der Waals surface area (Å²) in [5.41, 5.74) is 7.67. The van der Waals surface area contributed by atoms with Crippen LogP contribution in [0.15, 0.2) is 164 Å². The number of rotatable bonds is 3. The van der Waals surface area contributed by atoms with Gasteiger partial charge in [0.1, 0.15) is 0 Å². The van der Waals surface area contributed by atoms with Gasteiger partial charge in [0.25, 0.3) is 0 Å². The molecule has 0 amide bonds. The standard InChI is InChI=1S/C48H27N3S2/c1-3-13-28(14-4-1)31-24-26-38-37(27-31)40-33-19-9-10-20-34(33)41-35-21-11-12-22-39(35)52-46(41)44(40)51(38)48-49-42(30-16-5-2-6-17-30)47-43(50-48)36-25-23-29-15-7-8-18-32(29)45(36)53-47/h1-27H. The van der Waals surface area contributed by atoms with Crippen LogP contribution in [0.1, 0.15) is 0 Å². The highest BCUT2D eigenvalue weighted by atomic mass is 32.1. The van der Waals surface area contributed by atoms with Crippen LogP contribution in [0, 0.1) is 0 Å². The van der Waals surface area contributed by atoms with Gasteiger partial charge in [0.05, 0.1) is 31.6 Å². The molecule has 12 rings (SSSR count). The molecule has 0 saturated carbocycles. The van der Waals surface area contributed by atoms with Crippen LogP contribution in [0.4, 0.5) is 0 Å². The smallest absolute Gasteiger partial charge is 0.235 e. The molecule has 3 nitrogen and oxygen atoms in total. The fourth-order valence-electron chi connectivity index (χ4n) is 8.45. The molecule has 0 aliphatic carbocycles. The Kier molecular flexibility index (Phi) is 6.09. The van der Waals surface area contributed by atoms with Crippen LogP contribution in [-0.2, 0) is 0 Å². The lowest BCUT2D eigenvalue weighted by Crippen LogP contribution is -2.03. The van der Waals surface area contributed by atoms with Gasteiger partial charge in [-0.25, -0.2) is 9.97 Å². The van der Waals surface area contributed by atoms with Gasteiger partial charge in [-0.3, -0.25) is 4.57 Å². The molecular weight excluding hydrogens is 683 g/mol. The van der Waals surface area contributed by atoms with Crippen LogP contribution in [0.5, 0.6) is 0 Å². The minimum absolute atomic E-state index is 0.686. The van der Waals surface area contributed by atoms with Crippen molar-refractivity contribution in [2.45, 2.75) is 0 Å². The number of nitrogens with zero attached hydrogens (tertiary/aromatic N) is 3. The Labute approximate surface area is 311 Å². The number of hydrogen-bond acceptors (Lipinski definition) is 4. The summed E-state index contributed by atoms with van der Waals surface area (Å²) in [7, 11) is 0. The van der Waals surface area contributed by atoms with Crippen LogP contribution in [-0.4, -0.2) is 14.5 Å². The quantitative estimate of drug-likeness (QED) is 0.183. The largest absolute Gasteiger partial charge is 0.276 e. The molecule has 0 radical (unpaired) electrons. The van der Waals surface area contributed by atoms with E-state index < -0.39 is 0 Å². The Bertz CT molecular complexity index is 3450. The molecule has 0 bridgehead atoms. The molecule has 0 N–H and O–H groups in total. The van der Waals surface area contributed by atoms with Gasteiger partial charge < -0.3 is 0 Å². The third-order valence-corrected chi connectivity index (χ3v) is 13.2. The first-order chi connectivity index (χ1) is 26.3. The van der Waals surface area contributed by atoms with Crippen LogP contribution in [0.2, 0.25) is 0 Å². The van der Waals surface area contributed by atoms with E-state index in [4.69, 9.17) is 9.97 Å². The zero-order chi connectivity index (χ0) is 34.6. The monoisotopic (exact) mass is 709 g/mol. The van der Waals surface area contributed by atoms with Crippen LogP contribution < -0.4 is 0 Å². The summed E-state index contributed by atoms with van der Waals surface area (Å²) >= 11 is 3.67. The second kappa shape index (κ2) is 11.1. The van der Waals surface area contributed by atoms with Crippen LogP contribution in [0.25, 0.3) is 112 Å². The van der Waals surface area contributed by atoms with E-state index in [1.807, 2.05) is 11.3 Å². The van der Waals surface area contributed by atoms with E-state index in [1.165, 1.54) is 68.3 Å². The molecule has 0 aliphatic rings. The highest BCUT2D eigenvalue weighted by Crippen LogP contribution is 2.49. The Hall–Kier alpha value is -6.40. The fraction of sp³-hybridized carbons (Fsp3) is 0. The van der Waals surface area contributed by atoms with Gasteiger partial charge in [0.2, 0.25) is 5.95 Å². The molecule has 0 atom stereocenters. The summed E-state index contributed by atoms with van der Waals surface area (Å²) in [4.78, 5) is 11.2. The first-order valence-electron chi connectivity index (χ1n) is 17.8. The summed E-state index contributed by atoms with van der Waals surface area (Å²) in [6.45, 7) is 0. The van der Waals surface area contributed by atoms with Crippen molar-refractivity contribution in [2.75, 3.05) is 0 Å². The maximum absolute atomic E-state index is 5.59. The van der Waals surface area contributed by atoms with E-state index in [0.29, 0.717) is 5.95 Å². The molecule has 246 valence electrons. The van der Waals surface area contributed by atoms with Crippen molar-refractivity contribution < 1.29 is 0 Å². The van der Waals surface area contributed by atoms with Crippen molar-refractivity contribution in [3.8, 4) is 28.3 Å². The fourth-order valence-corrected chi connectivity index (χ4v) is 11.0. The molecule has 0 fully saturated rings. The van der Waals surface area contributed by atoms with Crippen molar-refractivity contribution in [3.05, 3.63) is 164 Å². The van der Waals surface area contributed by atoms with E-state index in [-0.39, 0.29) is 0 Å². The molecule has 5 heteroatoms. The van der Waals surface area contributed by atoms with Crippen molar-refractivity contribution in [3.63, 3.8) is 0 Å². The van der Waals surface area contributed by atoms with Gasteiger partial charge in [-0.2, -0.15) is 0 Å². The lowest BCUT2D eigenvalue weighted by molar-refractivity contribution is 1.02. The maximum atomic E-state index is 5.59. The minimum Gasteiger partial charge on any atom is -0.276 e. The molecular formula is C48H27N3S2. The summed E-state index contributed by atoms with van der Waals surface area (Å²) in [6.07, 6.45) is 0. The van der Waals surface area contributed by atoms with Crippen molar-refractivity contribution in [2.24, 2.45) is 0 Å². The van der Waals surface area contributed by atoms with E-state index in [0.717, 1.165) is 37.9 Å². The average Bonchev–Trinajstić information content (AvgIpc) is 3.91. The second-order valence-electron chi connectivity index (χ2n) is 13.7. The summed E-state index contributed by atoms with van der Waals surface area (Å²) in [5.74, 6) is 0.686. The van der Waals surface area contributed by atoms with Gasteiger partial charge in [0, 0.05) is 41.9 Å². The SMILES string of the molecule is c1ccc(-c2ccc3c(c2)c2c4ccccc4c4c5ccccc5sc4c2n3-c2nc(-c3ccccc3)c3sc4c5ccccc5ccc4c3n2)cc1. The number of thiophene rings is 2. The van der Waals surface area contributed by atoms with E-state index >= 15 is 0 Å². The average molecular weight is 710 g/mol. The lowest BCUT2D eigenvalue weighted by atomic mass is 9.97. The summed E-state index contributed by atoms with van der Waals surface area (Å²) < 4.78 is 7.24. The lowest BCUT2D eigenvalue weighted by Gasteiger charge is -2.11. The third-order valence-electron chi connectivity index (χ3n) is 10.8. The molecule has 0 aliphatic heterocycles. The minimum atomic E-state index is 0.686. The van der Waals surface area contributed by atoms with Gasteiger partial charge in [-0.05, 0) is 50.9 Å². The Balaban J connectivity index is 1.30. The first kappa shape index (κ1) is 29.2. The number of fused-ring (bicyclic) bond motifs is 15. The highest BCUT2D eigenvalue weighted by molar-refractivity contribution is 7.27. The van der Waals surface area contributed by atoms with Crippen molar-refractivity contribution in [1.82, 2.24) is 14.5 Å². The molecule has 53 heavy (non-hydrogen) atoms. The molecule has 0 saturated heterocycles. The third kappa shape index (κ3) is 4.15. The van der Waals surface area contributed by atoms with Crippen LogP contribution in [0.3, 0.4) is 0 Å². The summed E-state index contributed by atoms with van der Waals surface area (Å²) in [6, 6.07) is 59.1. The molecule has 4 aromatic heterocycles. The van der Waals surface area contributed by atoms with E-state index in [1.54, 1.807) is 11.3 Å². The Morgan fingerprint density at radius 2 is 1.09 bits per heavy atom. The number of benzene rings is 8. The molecule has 4 heterocycles. The van der Waals surface area contributed by atoms with Gasteiger partial charge >= 0.3 is 0 Å². The Morgan fingerprint density at radius 1 is 0.415 bits per heavy atom. The zero-order valence-electron chi connectivity index (χ0n) is 28.2. The molecule has 12 aromatic rings. The predicted octanol–water partition coefficient (Wildman–Crippen LogP) is 13.9. The van der Waals surface area contributed by atoms with Crippen molar-refractivity contribution >= 4 is 106 Å². The number of aromatic nitrogens is 3. The maximum Gasteiger partial charge on any atom is 0.235 e. The topological polar surface area (TPSA) is 30.7 Å². The molecule has 0 spiro atoms. The highest BCUT2D eigenvalue weighted by Gasteiger charge is 2.25. The van der Waals surface area contributed by atoms with Gasteiger partial charge in [0.15, 0.2) is 0 Å². The molecule has 8 aromatic carbocycles. The summed E-state index contributed by atoms with van der Waals surface area (Å²) in [5, 5.41) is 11.2. The predicted molar refractivity (Wildman–Crippen MR) is 228 cm³/mol. The van der Waals surface area contributed by atoms with E-state index in [2.05, 4.69) is 168 Å². The van der Waals surface area contributed by atoms with Crippen LogP contribution >= 0.6 is 22.7 Å². The van der Waals surface area contributed by atoms with Crippen molar-refractivity contribution in [1.29, 1.82) is 0 Å². The molecule has 0 unspecified atom stereocenters.